The highest BCUT2D eigenvalue weighted by atomic mass is 79.9. The molecule has 1 unspecified atom stereocenters. The number of nitrogens with zero attached hydrogens (tertiary/aromatic N) is 1. The van der Waals surface area contributed by atoms with Crippen molar-refractivity contribution in [1.29, 1.82) is 0 Å². The Bertz CT molecular complexity index is 1120. The minimum absolute atomic E-state index is 0.310. The molecule has 156 valence electrons. The summed E-state index contributed by atoms with van der Waals surface area (Å²) >= 11 is 3.34. The van der Waals surface area contributed by atoms with E-state index in [-0.39, 0.29) is 12.6 Å². The van der Waals surface area contributed by atoms with E-state index in [9.17, 15) is 13.2 Å². The first-order chi connectivity index (χ1) is 14.2. The van der Waals surface area contributed by atoms with E-state index in [1.54, 1.807) is 24.3 Å². The van der Waals surface area contributed by atoms with Gasteiger partial charge < -0.3 is 5.32 Å². The number of amides is 1. The van der Waals surface area contributed by atoms with Crippen LogP contribution in [0.4, 0.5) is 5.69 Å². The molecule has 7 heteroatoms. The summed E-state index contributed by atoms with van der Waals surface area (Å²) in [5.41, 5.74) is 3.37. The fraction of sp³-hybridized carbons (Fsp3) is 0.174. The van der Waals surface area contributed by atoms with E-state index < -0.39 is 15.9 Å². The van der Waals surface area contributed by atoms with Gasteiger partial charge in [-0.2, -0.15) is 0 Å². The van der Waals surface area contributed by atoms with E-state index in [1.807, 2.05) is 61.5 Å². The number of anilines is 1. The van der Waals surface area contributed by atoms with Crippen LogP contribution >= 0.6 is 15.9 Å². The molecule has 1 amide bonds. The van der Waals surface area contributed by atoms with Crippen LogP contribution in [0.2, 0.25) is 0 Å². The number of carbonyl (C=O) groups is 1. The fourth-order valence-corrected chi connectivity index (χ4v) is 4.32. The van der Waals surface area contributed by atoms with Gasteiger partial charge in [0.1, 0.15) is 6.54 Å². The van der Waals surface area contributed by atoms with Crippen molar-refractivity contribution in [2.45, 2.75) is 13.0 Å². The number of carbonyl (C=O) groups excluding carboxylic acids is 1. The molecule has 0 heterocycles. The van der Waals surface area contributed by atoms with Crippen LogP contribution < -0.4 is 9.62 Å². The van der Waals surface area contributed by atoms with E-state index in [4.69, 9.17) is 0 Å². The molecule has 3 aromatic carbocycles. The van der Waals surface area contributed by atoms with Gasteiger partial charge in [-0.05, 0) is 42.3 Å². The van der Waals surface area contributed by atoms with Crippen LogP contribution in [0, 0.1) is 6.92 Å². The third kappa shape index (κ3) is 5.70. The molecule has 1 N–H and O–H groups in total. The second-order valence-corrected chi connectivity index (χ2v) is 9.89. The summed E-state index contributed by atoms with van der Waals surface area (Å²) in [7, 11) is -3.64. The summed E-state index contributed by atoms with van der Waals surface area (Å²) in [6.07, 6.45) is 1.09. The van der Waals surface area contributed by atoms with Gasteiger partial charge in [0.25, 0.3) is 0 Å². The predicted molar refractivity (Wildman–Crippen MR) is 124 cm³/mol. The molecule has 0 radical (unpaired) electrons. The van der Waals surface area contributed by atoms with E-state index >= 15 is 0 Å². The molecule has 0 aliphatic heterocycles. The molecule has 0 spiro atoms. The van der Waals surface area contributed by atoms with Crippen LogP contribution in [0.3, 0.4) is 0 Å². The number of hydrogen-bond acceptors (Lipinski definition) is 3. The van der Waals surface area contributed by atoms with Crippen LogP contribution in [0.1, 0.15) is 22.7 Å². The molecule has 3 aromatic rings. The van der Waals surface area contributed by atoms with E-state index in [0.717, 1.165) is 31.7 Å². The normalized spacial score (nSPS) is 12.2. The monoisotopic (exact) mass is 486 g/mol. The van der Waals surface area contributed by atoms with Gasteiger partial charge in [0, 0.05) is 4.47 Å². The van der Waals surface area contributed by atoms with Crippen molar-refractivity contribution in [2.24, 2.45) is 0 Å². The third-order valence-corrected chi connectivity index (χ3v) is 6.29. The van der Waals surface area contributed by atoms with Gasteiger partial charge in [0.05, 0.1) is 18.0 Å². The Labute approximate surface area is 185 Å². The second-order valence-electron chi connectivity index (χ2n) is 7.07. The third-order valence-electron chi connectivity index (χ3n) is 4.62. The molecular weight excluding hydrogens is 464 g/mol. The lowest BCUT2D eigenvalue weighted by Crippen LogP contribution is -2.41. The van der Waals surface area contributed by atoms with E-state index in [2.05, 4.69) is 21.2 Å². The number of halogens is 1. The lowest BCUT2D eigenvalue weighted by Gasteiger charge is -2.25. The Hall–Kier alpha value is -2.64. The Morgan fingerprint density at radius 2 is 1.60 bits per heavy atom. The average Bonchev–Trinajstić information content (AvgIpc) is 2.71. The summed E-state index contributed by atoms with van der Waals surface area (Å²) < 4.78 is 26.6. The van der Waals surface area contributed by atoms with Gasteiger partial charge in [-0.3, -0.25) is 9.10 Å². The SMILES string of the molecule is Cc1cccc(C(NC(=O)CN(c2ccc(Br)cc2)S(C)(=O)=O)c2ccccc2)c1. The zero-order valence-electron chi connectivity index (χ0n) is 16.7. The summed E-state index contributed by atoms with van der Waals surface area (Å²) in [4.78, 5) is 13.0. The molecule has 3 rings (SSSR count). The van der Waals surface area contributed by atoms with E-state index in [0.29, 0.717) is 5.69 Å². The smallest absolute Gasteiger partial charge is 0.241 e. The van der Waals surface area contributed by atoms with Crippen molar-refractivity contribution in [2.75, 3.05) is 17.1 Å². The summed E-state index contributed by atoms with van der Waals surface area (Å²) in [5, 5.41) is 3.01. The maximum absolute atomic E-state index is 13.0. The molecule has 0 saturated carbocycles. The average molecular weight is 487 g/mol. The number of rotatable bonds is 7. The molecule has 0 aromatic heterocycles. The van der Waals surface area contributed by atoms with Crippen LogP contribution in [-0.2, 0) is 14.8 Å². The summed E-state index contributed by atoms with van der Waals surface area (Å²) in [6, 6.07) is 23.9. The minimum atomic E-state index is -3.64. The zero-order valence-corrected chi connectivity index (χ0v) is 19.2. The van der Waals surface area contributed by atoms with Crippen LogP contribution in [-0.4, -0.2) is 27.1 Å². The molecule has 0 aliphatic carbocycles. The quantitative estimate of drug-likeness (QED) is 0.536. The minimum Gasteiger partial charge on any atom is -0.344 e. The summed E-state index contributed by atoms with van der Waals surface area (Å²) in [5.74, 6) is -0.390. The molecule has 30 heavy (non-hydrogen) atoms. The molecule has 0 fully saturated rings. The number of sulfonamides is 1. The van der Waals surface area contributed by atoms with Gasteiger partial charge in [0.2, 0.25) is 15.9 Å². The lowest BCUT2D eigenvalue weighted by atomic mass is 9.97. The highest BCUT2D eigenvalue weighted by Crippen LogP contribution is 2.24. The molecule has 5 nitrogen and oxygen atoms in total. The van der Waals surface area contributed by atoms with Gasteiger partial charge in [0.15, 0.2) is 0 Å². The maximum Gasteiger partial charge on any atom is 0.241 e. The highest BCUT2D eigenvalue weighted by Gasteiger charge is 2.23. The molecule has 0 bridgehead atoms. The van der Waals surface area contributed by atoms with Gasteiger partial charge in [-0.15, -0.1) is 0 Å². The van der Waals surface area contributed by atoms with Crippen molar-refractivity contribution < 1.29 is 13.2 Å². The summed E-state index contributed by atoms with van der Waals surface area (Å²) in [6.45, 7) is 1.68. The first-order valence-corrected chi connectivity index (χ1v) is 12.0. The van der Waals surface area contributed by atoms with Crippen LogP contribution in [0.25, 0.3) is 0 Å². The Balaban J connectivity index is 1.88. The Kier molecular flexibility index (Phi) is 6.95. The highest BCUT2D eigenvalue weighted by molar-refractivity contribution is 9.10. The standard InChI is InChI=1S/C23H23BrN2O3S/c1-17-7-6-10-19(15-17)23(18-8-4-3-5-9-18)25-22(27)16-26(30(2,28)29)21-13-11-20(24)12-14-21/h3-15,23H,16H2,1-2H3,(H,25,27). The molecule has 0 aliphatic rings. The number of nitrogens with one attached hydrogen (secondary N) is 1. The van der Waals surface area contributed by atoms with Crippen LogP contribution in [0.5, 0.6) is 0 Å². The van der Waals surface area contributed by atoms with Crippen molar-refractivity contribution in [3.05, 3.63) is 100 Å². The van der Waals surface area contributed by atoms with Crippen LogP contribution in [0.15, 0.2) is 83.3 Å². The maximum atomic E-state index is 13.0. The number of benzene rings is 3. The zero-order chi connectivity index (χ0) is 21.7. The largest absolute Gasteiger partial charge is 0.344 e. The van der Waals surface area contributed by atoms with Gasteiger partial charge in [-0.25, -0.2) is 8.42 Å². The molecular formula is C23H23BrN2O3S. The molecule has 1 atom stereocenters. The number of hydrogen-bond donors (Lipinski definition) is 1. The van der Waals surface area contributed by atoms with E-state index in [1.165, 1.54) is 0 Å². The first kappa shape index (κ1) is 22.1. The van der Waals surface area contributed by atoms with Gasteiger partial charge >= 0.3 is 0 Å². The van der Waals surface area contributed by atoms with Gasteiger partial charge in [-0.1, -0.05) is 76.1 Å². The van der Waals surface area contributed by atoms with Crippen molar-refractivity contribution >= 4 is 37.5 Å². The predicted octanol–water partition coefficient (Wildman–Crippen LogP) is 4.43. The molecule has 0 saturated heterocycles. The van der Waals surface area contributed by atoms with Crippen molar-refractivity contribution in [1.82, 2.24) is 5.32 Å². The van der Waals surface area contributed by atoms with Crippen molar-refractivity contribution in [3.63, 3.8) is 0 Å². The lowest BCUT2D eigenvalue weighted by molar-refractivity contribution is -0.120. The fourth-order valence-electron chi connectivity index (χ4n) is 3.20. The van der Waals surface area contributed by atoms with Crippen molar-refractivity contribution in [3.8, 4) is 0 Å². The number of aryl methyl sites for hydroxylation is 1. The Morgan fingerprint density at radius 1 is 0.967 bits per heavy atom. The first-order valence-electron chi connectivity index (χ1n) is 9.38. The topological polar surface area (TPSA) is 66.5 Å². The second kappa shape index (κ2) is 9.45. The Morgan fingerprint density at radius 3 is 2.20 bits per heavy atom.